The molecule has 1 aliphatic carbocycles. The van der Waals surface area contributed by atoms with E-state index in [1.165, 1.54) is 5.56 Å². The van der Waals surface area contributed by atoms with Crippen molar-refractivity contribution in [3.63, 3.8) is 0 Å². The number of aromatic hydroxyl groups is 1. The number of piperidine rings is 1. The van der Waals surface area contributed by atoms with Crippen LogP contribution in [0.4, 0.5) is 0 Å². The van der Waals surface area contributed by atoms with Gasteiger partial charge in [0.05, 0.1) is 17.6 Å². The van der Waals surface area contributed by atoms with E-state index in [0.29, 0.717) is 11.7 Å². The summed E-state index contributed by atoms with van der Waals surface area (Å²) in [4.78, 5) is 2.54. The van der Waals surface area contributed by atoms with E-state index < -0.39 is 0 Å². The Morgan fingerprint density at radius 1 is 1.20 bits per heavy atom. The molecule has 2 bridgehead atoms. The molecule has 1 aromatic carbocycles. The molecule has 0 spiro atoms. The quantitative estimate of drug-likeness (QED) is 0.878. The van der Waals surface area contributed by atoms with Gasteiger partial charge in [-0.2, -0.15) is 5.21 Å². The number of nitrogens with zero attached hydrogens (tertiary/aromatic N) is 4. The smallest absolute Gasteiger partial charge is 0.183 e. The predicted molar refractivity (Wildman–Crippen MR) is 90.3 cm³/mol. The molecule has 7 heteroatoms. The van der Waals surface area contributed by atoms with Crippen LogP contribution in [0.15, 0.2) is 24.3 Å². The molecule has 0 radical (unpaired) electrons. The fourth-order valence-electron chi connectivity index (χ4n) is 5.02. The largest absolute Gasteiger partial charge is 0.508 e. The highest BCUT2D eigenvalue weighted by Crippen LogP contribution is 2.58. The predicted octanol–water partition coefficient (Wildman–Crippen LogP) is 1.59. The minimum Gasteiger partial charge on any atom is -0.508 e. The number of nitrogens with one attached hydrogen (secondary N) is 1. The number of benzene rings is 1. The number of fused-ring (bicyclic) bond motifs is 1. The maximum Gasteiger partial charge on any atom is 0.183 e. The summed E-state index contributed by atoms with van der Waals surface area (Å²) >= 11 is 0. The first-order valence-electron chi connectivity index (χ1n) is 9.06. The van der Waals surface area contributed by atoms with Crippen LogP contribution in [0, 0.1) is 0 Å². The van der Waals surface area contributed by atoms with Crippen molar-refractivity contribution in [2.24, 2.45) is 0 Å². The Kier molecular flexibility index (Phi) is 3.36. The molecule has 1 saturated carbocycles. The maximum absolute atomic E-state index is 9.44. The van der Waals surface area contributed by atoms with Crippen LogP contribution in [-0.4, -0.2) is 62.5 Å². The van der Waals surface area contributed by atoms with Crippen LogP contribution in [0.3, 0.4) is 0 Å². The second-order valence-corrected chi connectivity index (χ2v) is 7.98. The Bertz CT molecular complexity index is 731. The minimum atomic E-state index is -0.00793. The lowest BCUT2D eigenvalue weighted by Crippen LogP contribution is -2.54. The van der Waals surface area contributed by atoms with Gasteiger partial charge >= 0.3 is 0 Å². The number of aromatic nitrogens is 4. The number of aromatic amines is 1. The molecular weight excluding hydrogens is 318 g/mol. The second-order valence-electron chi connectivity index (χ2n) is 7.98. The third-order valence-electron chi connectivity index (χ3n) is 6.26. The third kappa shape index (κ3) is 2.53. The van der Waals surface area contributed by atoms with Crippen molar-refractivity contribution in [3.05, 3.63) is 35.7 Å². The lowest BCUT2D eigenvalue weighted by atomic mass is 9.61. The Balaban J connectivity index is 1.17. The monoisotopic (exact) mass is 341 g/mol. The van der Waals surface area contributed by atoms with Gasteiger partial charge in [0.15, 0.2) is 5.82 Å². The number of phenols is 1. The van der Waals surface area contributed by atoms with Crippen molar-refractivity contribution in [2.75, 3.05) is 26.2 Å². The Morgan fingerprint density at radius 3 is 2.64 bits per heavy atom. The molecule has 7 nitrogen and oxygen atoms in total. The number of hydrogen-bond acceptors (Lipinski definition) is 6. The molecule has 1 aromatic heterocycles. The van der Waals surface area contributed by atoms with Gasteiger partial charge in [-0.1, -0.05) is 17.3 Å². The van der Waals surface area contributed by atoms with Crippen LogP contribution < -0.4 is 0 Å². The highest BCUT2D eigenvalue weighted by molar-refractivity contribution is 5.29. The number of likely N-dealkylation sites (tertiary alicyclic amines) is 1. The Labute approximate surface area is 146 Å². The number of tetrazole rings is 1. The van der Waals surface area contributed by atoms with Crippen LogP contribution in [-0.2, 0) is 10.2 Å². The number of H-pyrrole nitrogens is 1. The van der Waals surface area contributed by atoms with Crippen molar-refractivity contribution >= 4 is 0 Å². The molecule has 4 aliphatic rings. The summed E-state index contributed by atoms with van der Waals surface area (Å²) in [6.07, 6.45) is 4.35. The van der Waals surface area contributed by atoms with Gasteiger partial charge in [-0.05, 0) is 62.4 Å². The van der Waals surface area contributed by atoms with Gasteiger partial charge < -0.3 is 14.7 Å². The van der Waals surface area contributed by atoms with Crippen molar-refractivity contribution in [1.82, 2.24) is 25.5 Å². The van der Waals surface area contributed by atoms with E-state index in [2.05, 4.69) is 37.7 Å². The van der Waals surface area contributed by atoms with Crippen molar-refractivity contribution in [2.45, 2.75) is 42.6 Å². The summed E-state index contributed by atoms with van der Waals surface area (Å²) in [7, 11) is 0. The van der Waals surface area contributed by atoms with Gasteiger partial charge in [-0.3, -0.25) is 0 Å². The van der Waals surface area contributed by atoms with Crippen LogP contribution in [0.5, 0.6) is 5.75 Å². The van der Waals surface area contributed by atoms with E-state index >= 15 is 0 Å². The zero-order valence-corrected chi connectivity index (χ0v) is 14.2. The molecule has 0 amide bonds. The van der Waals surface area contributed by atoms with Crippen molar-refractivity contribution in [3.8, 4) is 5.75 Å². The summed E-state index contributed by atoms with van der Waals surface area (Å²) in [6, 6.07) is 7.69. The van der Waals surface area contributed by atoms with Gasteiger partial charge in [-0.25, -0.2) is 0 Å². The summed E-state index contributed by atoms with van der Waals surface area (Å²) in [5.74, 6) is 1.75. The zero-order valence-electron chi connectivity index (χ0n) is 14.2. The summed E-state index contributed by atoms with van der Waals surface area (Å²) in [5, 5.41) is 24.1. The first-order valence-corrected chi connectivity index (χ1v) is 9.06. The molecule has 132 valence electrons. The molecule has 0 unspecified atom stereocenters. The molecule has 3 aliphatic heterocycles. The number of ether oxygens (including phenoxy) is 1. The summed E-state index contributed by atoms with van der Waals surface area (Å²) < 4.78 is 6.18. The Morgan fingerprint density at radius 2 is 1.96 bits per heavy atom. The standard InChI is InChI=1S/C18H23N5O2/c24-15-3-1-13(2-4-15)14-5-7-23(8-6-14)11-18-9-17(10-18,12-25-18)16-19-21-22-20-16/h1-4,14,24H,5-12H2,(H,19,20,21,22). The molecule has 25 heavy (non-hydrogen) atoms. The number of hydrogen-bond donors (Lipinski definition) is 2. The molecule has 2 aromatic rings. The van der Waals surface area contributed by atoms with Crippen LogP contribution in [0.1, 0.15) is 43.0 Å². The average molecular weight is 341 g/mol. The van der Waals surface area contributed by atoms with E-state index in [4.69, 9.17) is 4.74 Å². The SMILES string of the molecule is Oc1ccc(C2CCN(CC34CC(c5nn[nH]n5)(CO3)C4)CC2)cc1. The summed E-state index contributed by atoms with van der Waals surface area (Å²) in [5.41, 5.74) is 1.33. The van der Waals surface area contributed by atoms with E-state index in [1.807, 2.05) is 0 Å². The topological polar surface area (TPSA) is 87.2 Å². The first kappa shape index (κ1) is 15.3. The van der Waals surface area contributed by atoms with Gasteiger partial charge in [0.1, 0.15) is 5.75 Å². The number of rotatable bonds is 4. The normalized spacial score (nSPS) is 32.6. The van der Waals surface area contributed by atoms with Crippen LogP contribution >= 0.6 is 0 Å². The molecular formula is C18H23N5O2. The molecule has 4 heterocycles. The highest BCUT2D eigenvalue weighted by Gasteiger charge is 2.65. The van der Waals surface area contributed by atoms with E-state index in [9.17, 15) is 5.11 Å². The van der Waals surface area contributed by atoms with Crippen LogP contribution in [0.25, 0.3) is 0 Å². The van der Waals surface area contributed by atoms with E-state index in [0.717, 1.165) is 57.7 Å². The number of phenolic OH excluding ortho intramolecular Hbond substituents is 1. The van der Waals surface area contributed by atoms with Gasteiger partial charge in [0.2, 0.25) is 0 Å². The lowest BCUT2D eigenvalue weighted by molar-refractivity contribution is -0.0372. The molecule has 4 fully saturated rings. The molecule has 0 atom stereocenters. The third-order valence-corrected chi connectivity index (χ3v) is 6.26. The van der Waals surface area contributed by atoms with Crippen LogP contribution in [0.2, 0.25) is 0 Å². The maximum atomic E-state index is 9.44. The van der Waals surface area contributed by atoms with Gasteiger partial charge in [0, 0.05) is 6.54 Å². The molecule has 3 saturated heterocycles. The molecule has 2 N–H and O–H groups in total. The highest BCUT2D eigenvalue weighted by atomic mass is 16.5. The Hall–Kier alpha value is -1.99. The minimum absolute atomic E-state index is 0.00262. The average Bonchev–Trinajstić information content (AvgIpc) is 3.31. The fraction of sp³-hybridized carbons (Fsp3) is 0.611. The van der Waals surface area contributed by atoms with Crippen molar-refractivity contribution in [1.29, 1.82) is 0 Å². The van der Waals surface area contributed by atoms with Gasteiger partial charge in [0.25, 0.3) is 0 Å². The second kappa shape index (κ2) is 5.51. The van der Waals surface area contributed by atoms with Crippen molar-refractivity contribution < 1.29 is 9.84 Å². The van der Waals surface area contributed by atoms with E-state index in [-0.39, 0.29) is 11.0 Å². The summed E-state index contributed by atoms with van der Waals surface area (Å²) in [6.45, 7) is 3.93. The zero-order chi connectivity index (χ0) is 16.9. The van der Waals surface area contributed by atoms with Gasteiger partial charge in [-0.15, -0.1) is 10.2 Å². The van der Waals surface area contributed by atoms with E-state index in [1.54, 1.807) is 12.1 Å². The first-order chi connectivity index (χ1) is 12.2. The lowest BCUT2D eigenvalue weighted by Gasteiger charge is -2.46. The fourth-order valence-corrected chi connectivity index (χ4v) is 5.02. The molecule has 6 rings (SSSR count).